The topological polar surface area (TPSA) is 44.5 Å². The average Bonchev–Trinajstić information content (AvgIpc) is 2.28. The van der Waals surface area contributed by atoms with Gasteiger partial charge < -0.3 is 15.2 Å². The number of rotatable bonds is 5. The van der Waals surface area contributed by atoms with Gasteiger partial charge in [-0.05, 0) is 30.9 Å². The first-order valence-electron chi connectivity index (χ1n) is 4.76. The second-order valence-electron chi connectivity index (χ2n) is 3.03. The molecule has 0 aromatic heterocycles. The zero-order valence-corrected chi connectivity index (χ0v) is 10.2. The molecule has 0 spiro atoms. The van der Waals surface area contributed by atoms with Crippen LogP contribution in [0.25, 0.3) is 0 Å². The molecule has 0 aliphatic carbocycles. The summed E-state index contributed by atoms with van der Waals surface area (Å²) >= 11 is 1.66. The molecule has 0 heterocycles. The normalized spacial score (nSPS) is 10.1. The van der Waals surface area contributed by atoms with Gasteiger partial charge in [0, 0.05) is 0 Å². The van der Waals surface area contributed by atoms with Gasteiger partial charge in [0.15, 0.2) is 11.5 Å². The van der Waals surface area contributed by atoms with Crippen LogP contribution in [0.15, 0.2) is 17.0 Å². The molecule has 1 rings (SSSR count). The predicted molar refractivity (Wildman–Crippen MR) is 64.1 cm³/mol. The lowest BCUT2D eigenvalue weighted by Crippen LogP contribution is -2.05. The van der Waals surface area contributed by atoms with Gasteiger partial charge in [0.05, 0.1) is 19.1 Å². The van der Waals surface area contributed by atoms with Crippen molar-refractivity contribution < 1.29 is 9.47 Å². The molecular formula is C11H17NO2S. The Kier molecular flexibility index (Phi) is 4.78. The Labute approximate surface area is 94.9 Å². The van der Waals surface area contributed by atoms with Crippen LogP contribution in [0.1, 0.15) is 5.56 Å². The molecule has 4 heteroatoms. The van der Waals surface area contributed by atoms with Gasteiger partial charge in [-0.3, -0.25) is 0 Å². The van der Waals surface area contributed by atoms with E-state index in [2.05, 4.69) is 0 Å². The smallest absolute Gasteiger partial charge is 0.174 e. The number of methoxy groups -OCH3 is 2. The number of thioether (sulfide) groups is 1. The average molecular weight is 227 g/mol. The maximum Gasteiger partial charge on any atom is 0.174 e. The quantitative estimate of drug-likeness (QED) is 0.781. The number of hydrogen-bond acceptors (Lipinski definition) is 4. The van der Waals surface area contributed by atoms with Gasteiger partial charge in [0.2, 0.25) is 0 Å². The first-order chi connectivity index (χ1) is 7.28. The summed E-state index contributed by atoms with van der Waals surface area (Å²) in [6.07, 6.45) is 2.88. The molecule has 84 valence electrons. The van der Waals surface area contributed by atoms with Crippen LogP contribution in [0.4, 0.5) is 0 Å². The van der Waals surface area contributed by atoms with E-state index in [1.54, 1.807) is 26.0 Å². The molecule has 0 bridgehead atoms. The Morgan fingerprint density at radius 3 is 2.47 bits per heavy atom. The first-order valence-corrected chi connectivity index (χ1v) is 5.98. The molecular weight excluding hydrogens is 210 g/mol. The van der Waals surface area contributed by atoms with Gasteiger partial charge in [0.25, 0.3) is 0 Å². The fraction of sp³-hybridized carbons (Fsp3) is 0.455. The lowest BCUT2D eigenvalue weighted by Gasteiger charge is -2.14. The summed E-state index contributed by atoms with van der Waals surface area (Å²) in [5, 5.41) is 0. The standard InChI is InChI=1S/C11H17NO2S/c1-13-9-5-4-8(6-7-12)11(15-3)10(9)14-2/h4-5H,6-7,12H2,1-3H3. The highest BCUT2D eigenvalue weighted by atomic mass is 32.2. The van der Waals surface area contributed by atoms with Crippen LogP contribution in [0.2, 0.25) is 0 Å². The largest absolute Gasteiger partial charge is 0.493 e. The Balaban J connectivity index is 3.21. The van der Waals surface area contributed by atoms with E-state index in [4.69, 9.17) is 15.2 Å². The molecule has 0 saturated carbocycles. The zero-order chi connectivity index (χ0) is 11.3. The molecule has 0 aliphatic heterocycles. The Hall–Kier alpha value is -0.870. The van der Waals surface area contributed by atoms with Gasteiger partial charge in [-0.2, -0.15) is 0 Å². The Bertz CT molecular complexity index is 329. The molecule has 0 unspecified atom stereocenters. The van der Waals surface area contributed by atoms with E-state index in [1.807, 2.05) is 18.4 Å². The van der Waals surface area contributed by atoms with Gasteiger partial charge >= 0.3 is 0 Å². The van der Waals surface area contributed by atoms with Crippen molar-refractivity contribution >= 4 is 11.8 Å². The summed E-state index contributed by atoms with van der Waals surface area (Å²) in [5.41, 5.74) is 6.78. The highest BCUT2D eigenvalue weighted by Crippen LogP contribution is 2.39. The summed E-state index contributed by atoms with van der Waals surface area (Å²) < 4.78 is 10.6. The summed E-state index contributed by atoms with van der Waals surface area (Å²) in [5.74, 6) is 1.57. The molecule has 1 aromatic rings. The van der Waals surface area contributed by atoms with Gasteiger partial charge in [-0.1, -0.05) is 6.07 Å². The van der Waals surface area contributed by atoms with Crippen LogP contribution in [0.3, 0.4) is 0 Å². The van der Waals surface area contributed by atoms with Crippen molar-refractivity contribution in [3.05, 3.63) is 17.7 Å². The van der Waals surface area contributed by atoms with E-state index in [9.17, 15) is 0 Å². The third kappa shape index (κ3) is 2.58. The lowest BCUT2D eigenvalue weighted by atomic mass is 10.1. The third-order valence-corrected chi connectivity index (χ3v) is 3.06. The van der Waals surface area contributed by atoms with Gasteiger partial charge in [-0.25, -0.2) is 0 Å². The molecule has 0 saturated heterocycles. The Morgan fingerprint density at radius 1 is 1.27 bits per heavy atom. The molecule has 0 fully saturated rings. The van der Waals surface area contributed by atoms with E-state index >= 15 is 0 Å². The van der Waals surface area contributed by atoms with Crippen LogP contribution >= 0.6 is 11.8 Å². The van der Waals surface area contributed by atoms with Crippen molar-refractivity contribution in [3.8, 4) is 11.5 Å². The number of nitrogens with two attached hydrogens (primary N) is 1. The van der Waals surface area contributed by atoms with Crippen molar-refractivity contribution in [1.29, 1.82) is 0 Å². The SMILES string of the molecule is COc1ccc(CCN)c(SC)c1OC. The highest BCUT2D eigenvalue weighted by molar-refractivity contribution is 7.98. The molecule has 2 N–H and O–H groups in total. The minimum absolute atomic E-state index is 0.642. The summed E-state index contributed by atoms with van der Waals surface area (Å²) in [6.45, 7) is 0.642. The second-order valence-corrected chi connectivity index (χ2v) is 3.85. The van der Waals surface area contributed by atoms with E-state index in [0.29, 0.717) is 6.54 Å². The molecule has 0 atom stereocenters. The maximum atomic E-state index is 5.56. The van der Waals surface area contributed by atoms with Crippen LogP contribution in [-0.4, -0.2) is 27.0 Å². The number of benzene rings is 1. The maximum absolute atomic E-state index is 5.56. The summed E-state index contributed by atoms with van der Waals surface area (Å²) in [6, 6.07) is 3.96. The molecule has 15 heavy (non-hydrogen) atoms. The van der Waals surface area contributed by atoms with Crippen LogP contribution in [0.5, 0.6) is 11.5 Å². The molecule has 1 aromatic carbocycles. The van der Waals surface area contributed by atoms with Crippen LogP contribution in [-0.2, 0) is 6.42 Å². The molecule has 0 aliphatic rings. The van der Waals surface area contributed by atoms with E-state index in [-0.39, 0.29) is 0 Å². The van der Waals surface area contributed by atoms with Crippen LogP contribution < -0.4 is 15.2 Å². The van der Waals surface area contributed by atoms with Crippen molar-refractivity contribution in [3.63, 3.8) is 0 Å². The van der Waals surface area contributed by atoms with Crippen molar-refractivity contribution in [1.82, 2.24) is 0 Å². The highest BCUT2D eigenvalue weighted by Gasteiger charge is 2.13. The Morgan fingerprint density at radius 2 is 2.00 bits per heavy atom. The van der Waals surface area contributed by atoms with E-state index in [0.717, 1.165) is 22.8 Å². The predicted octanol–water partition coefficient (Wildman–Crippen LogP) is 1.93. The van der Waals surface area contributed by atoms with Crippen molar-refractivity contribution in [2.45, 2.75) is 11.3 Å². The fourth-order valence-corrected chi connectivity index (χ4v) is 2.32. The van der Waals surface area contributed by atoms with E-state index in [1.165, 1.54) is 5.56 Å². The number of ether oxygens (including phenoxy) is 2. The van der Waals surface area contributed by atoms with Gasteiger partial charge in [-0.15, -0.1) is 11.8 Å². The van der Waals surface area contributed by atoms with Crippen molar-refractivity contribution in [2.75, 3.05) is 27.0 Å². The molecule has 0 amide bonds. The second kappa shape index (κ2) is 5.88. The molecule has 0 radical (unpaired) electrons. The molecule has 3 nitrogen and oxygen atoms in total. The third-order valence-electron chi connectivity index (χ3n) is 2.20. The summed E-state index contributed by atoms with van der Waals surface area (Å²) in [4.78, 5) is 1.11. The fourth-order valence-electron chi connectivity index (χ4n) is 1.52. The monoisotopic (exact) mass is 227 g/mol. The minimum Gasteiger partial charge on any atom is -0.493 e. The first kappa shape index (κ1) is 12.2. The zero-order valence-electron chi connectivity index (χ0n) is 9.37. The summed E-state index contributed by atoms with van der Waals surface area (Å²) in [7, 11) is 3.30. The number of hydrogen-bond donors (Lipinski definition) is 1. The minimum atomic E-state index is 0.642. The van der Waals surface area contributed by atoms with Crippen molar-refractivity contribution in [2.24, 2.45) is 5.73 Å². The lowest BCUT2D eigenvalue weighted by molar-refractivity contribution is 0.347. The van der Waals surface area contributed by atoms with E-state index < -0.39 is 0 Å². The van der Waals surface area contributed by atoms with Crippen LogP contribution in [0, 0.1) is 0 Å². The van der Waals surface area contributed by atoms with Gasteiger partial charge in [0.1, 0.15) is 0 Å².